The lowest BCUT2D eigenvalue weighted by molar-refractivity contribution is -0.137. The van der Waals surface area contributed by atoms with Gasteiger partial charge in [-0.2, -0.15) is 13.2 Å². The number of amidine groups is 1. The summed E-state index contributed by atoms with van der Waals surface area (Å²) in [6, 6.07) is 1.55. The van der Waals surface area contributed by atoms with Gasteiger partial charge in [-0.15, -0.1) is 0 Å². The molecule has 0 saturated heterocycles. The summed E-state index contributed by atoms with van der Waals surface area (Å²) in [4.78, 5) is 15.7. The number of anilines is 1. The Morgan fingerprint density at radius 1 is 1.15 bits per heavy atom. The number of hydrogen-bond acceptors (Lipinski definition) is 5. The van der Waals surface area contributed by atoms with Gasteiger partial charge in [-0.3, -0.25) is 15.2 Å². The number of benzene rings is 1. The standard InChI is InChI=1S/C20H20F6N4O3S/c1-9(2)17(27)30-19(3,8-34(32)33)14-15(22)11(21)6-13(16(14)23)29-18(31)12-5-4-10(7-28-12)20(24,25)26/h4-7,9,34H,8H2,1-3H3,(H2,27,30)(H,29,31)/t19-/m0/s1. The van der Waals surface area contributed by atoms with E-state index < -0.39 is 80.0 Å². The molecule has 0 saturated carbocycles. The fourth-order valence-corrected chi connectivity index (χ4v) is 3.70. The van der Waals surface area contributed by atoms with E-state index in [1.807, 2.05) is 5.32 Å². The molecule has 1 aromatic carbocycles. The molecule has 0 bridgehead atoms. The molecule has 1 atom stereocenters. The molecule has 0 aliphatic heterocycles. The van der Waals surface area contributed by atoms with Gasteiger partial charge in [-0.25, -0.2) is 21.6 Å². The number of amides is 1. The summed E-state index contributed by atoms with van der Waals surface area (Å²) in [6.45, 7) is 4.14. The van der Waals surface area contributed by atoms with Gasteiger partial charge in [0.25, 0.3) is 5.91 Å². The van der Waals surface area contributed by atoms with Crippen LogP contribution in [0.2, 0.25) is 0 Å². The van der Waals surface area contributed by atoms with Crippen LogP contribution in [0.15, 0.2) is 24.4 Å². The predicted octanol–water partition coefficient (Wildman–Crippen LogP) is 3.82. The Morgan fingerprint density at radius 2 is 1.76 bits per heavy atom. The molecular weight excluding hydrogens is 490 g/mol. The van der Waals surface area contributed by atoms with Crippen molar-refractivity contribution in [3.63, 3.8) is 0 Å². The fourth-order valence-electron chi connectivity index (χ4n) is 2.94. The largest absolute Gasteiger partial charge is 0.417 e. The molecule has 2 rings (SSSR count). The van der Waals surface area contributed by atoms with Crippen molar-refractivity contribution in [2.24, 2.45) is 5.92 Å². The minimum Gasteiger partial charge on any atom is -0.363 e. The molecule has 0 aliphatic carbocycles. The van der Waals surface area contributed by atoms with E-state index in [1.54, 1.807) is 13.8 Å². The average Bonchev–Trinajstić information content (AvgIpc) is 2.70. The topological polar surface area (TPSA) is 112 Å². The Bertz CT molecular complexity index is 1170. The van der Waals surface area contributed by atoms with Crippen LogP contribution in [0.5, 0.6) is 0 Å². The molecule has 1 heterocycles. The van der Waals surface area contributed by atoms with E-state index in [4.69, 9.17) is 5.41 Å². The van der Waals surface area contributed by atoms with Gasteiger partial charge in [0.1, 0.15) is 16.4 Å². The minimum atomic E-state index is -4.72. The molecule has 14 heteroatoms. The summed E-state index contributed by atoms with van der Waals surface area (Å²) in [7, 11) is -3.28. The highest BCUT2D eigenvalue weighted by atomic mass is 32.2. The van der Waals surface area contributed by atoms with Crippen molar-refractivity contribution in [1.29, 1.82) is 5.41 Å². The summed E-state index contributed by atoms with van der Waals surface area (Å²) in [5.41, 5.74) is -5.87. The molecule has 3 N–H and O–H groups in total. The highest BCUT2D eigenvalue weighted by Gasteiger charge is 2.38. The van der Waals surface area contributed by atoms with Gasteiger partial charge >= 0.3 is 6.18 Å². The van der Waals surface area contributed by atoms with E-state index in [2.05, 4.69) is 10.3 Å². The number of aromatic nitrogens is 1. The molecule has 7 nitrogen and oxygen atoms in total. The van der Waals surface area contributed by atoms with Crippen LogP contribution in [-0.2, 0) is 22.4 Å². The maximum Gasteiger partial charge on any atom is 0.417 e. The number of nitrogens with zero attached hydrogens (tertiary/aromatic N) is 1. The number of hydrogen-bond donors (Lipinski definition) is 4. The van der Waals surface area contributed by atoms with Gasteiger partial charge in [0, 0.05) is 18.2 Å². The first kappa shape index (κ1) is 27.1. The molecule has 1 amide bonds. The monoisotopic (exact) mass is 510 g/mol. The molecule has 0 unspecified atom stereocenters. The van der Waals surface area contributed by atoms with Gasteiger partial charge in [0.05, 0.1) is 33.9 Å². The van der Waals surface area contributed by atoms with E-state index in [0.717, 1.165) is 6.92 Å². The van der Waals surface area contributed by atoms with Crippen molar-refractivity contribution >= 4 is 28.1 Å². The van der Waals surface area contributed by atoms with E-state index >= 15 is 4.39 Å². The second kappa shape index (κ2) is 9.99. The van der Waals surface area contributed by atoms with E-state index in [1.165, 1.54) is 0 Å². The Kier molecular flexibility index (Phi) is 7.96. The number of nitrogens with one attached hydrogen (secondary N) is 3. The molecule has 0 fully saturated rings. The third-order valence-corrected chi connectivity index (χ3v) is 5.60. The zero-order valence-corrected chi connectivity index (χ0v) is 18.9. The summed E-state index contributed by atoms with van der Waals surface area (Å²) in [5, 5.41) is 12.2. The van der Waals surface area contributed by atoms with Crippen LogP contribution in [0.3, 0.4) is 0 Å². The van der Waals surface area contributed by atoms with Crippen molar-refractivity contribution in [3.8, 4) is 0 Å². The summed E-state index contributed by atoms with van der Waals surface area (Å²) in [6.07, 6.45) is -4.35. The van der Waals surface area contributed by atoms with Gasteiger partial charge in [0.2, 0.25) is 0 Å². The quantitative estimate of drug-likeness (QED) is 0.149. The van der Waals surface area contributed by atoms with Crippen LogP contribution in [-0.4, -0.2) is 30.9 Å². The molecule has 0 spiro atoms. The molecule has 2 aromatic rings. The first-order valence-corrected chi connectivity index (χ1v) is 10.9. The zero-order chi connectivity index (χ0) is 26.0. The van der Waals surface area contributed by atoms with Crippen LogP contribution < -0.4 is 10.6 Å². The van der Waals surface area contributed by atoms with Crippen LogP contribution in [0.4, 0.5) is 32.0 Å². The Balaban J connectivity index is 2.53. The van der Waals surface area contributed by atoms with Crippen LogP contribution in [0, 0.1) is 28.8 Å². The molecule has 34 heavy (non-hydrogen) atoms. The highest BCUT2D eigenvalue weighted by molar-refractivity contribution is 7.72. The summed E-state index contributed by atoms with van der Waals surface area (Å²) in [5.74, 6) is -7.88. The molecule has 186 valence electrons. The highest BCUT2D eigenvalue weighted by Crippen LogP contribution is 2.34. The lowest BCUT2D eigenvalue weighted by Crippen LogP contribution is -2.49. The SMILES string of the molecule is CC(C)C(=N)N[C@@](C)(C[SH](=O)=O)c1c(F)c(F)cc(NC(=O)c2ccc(C(F)(F)F)cn2)c1F. The number of carbonyl (C=O) groups excluding carboxylic acids is 1. The Hall–Kier alpha value is -3.16. The van der Waals surface area contributed by atoms with Crippen molar-refractivity contribution in [1.82, 2.24) is 10.3 Å². The third-order valence-electron chi connectivity index (χ3n) is 4.71. The van der Waals surface area contributed by atoms with Crippen LogP contribution in [0.25, 0.3) is 0 Å². The molecular formula is C20H20F6N4O3S. The first-order valence-electron chi connectivity index (χ1n) is 9.57. The van der Waals surface area contributed by atoms with Crippen molar-refractivity contribution < 1.29 is 39.6 Å². The van der Waals surface area contributed by atoms with Gasteiger partial charge in [-0.05, 0) is 19.1 Å². The number of pyridine rings is 1. The lowest BCUT2D eigenvalue weighted by atomic mass is 9.91. The lowest BCUT2D eigenvalue weighted by Gasteiger charge is -2.33. The van der Waals surface area contributed by atoms with Gasteiger partial charge < -0.3 is 10.6 Å². The van der Waals surface area contributed by atoms with Crippen molar-refractivity contribution in [2.45, 2.75) is 32.5 Å². The van der Waals surface area contributed by atoms with Gasteiger partial charge in [0.15, 0.2) is 17.5 Å². The maximum atomic E-state index is 15.3. The van der Waals surface area contributed by atoms with Crippen LogP contribution >= 0.6 is 0 Å². The summed E-state index contributed by atoms with van der Waals surface area (Å²) >= 11 is 0. The second-order valence-corrected chi connectivity index (χ2v) is 8.79. The molecule has 0 radical (unpaired) electrons. The normalized spacial score (nSPS) is 13.6. The number of carbonyl (C=O) groups is 1. The van der Waals surface area contributed by atoms with Gasteiger partial charge in [-0.1, -0.05) is 13.8 Å². The maximum absolute atomic E-state index is 15.3. The Morgan fingerprint density at radius 3 is 2.24 bits per heavy atom. The fraction of sp³-hybridized carbons (Fsp3) is 0.350. The Labute approximate surface area is 192 Å². The van der Waals surface area contributed by atoms with Crippen molar-refractivity contribution in [2.75, 3.05) is 11.1 Å². The molecule has 0 aliphatic rings. The van der Waals surface area contributed by atoms with Crippen molar-refractivity contribution in [3.05, 3.63) is 58.7 Å². The first-order chi connectivity index (χ1) is 15.6. The zero-order valence-electron chi connectivity index (χ0n) is 18.0. The molecule has 1 aromatic heterocycles. The van der Waals surface area contributed by atoms with E-state index in [0.29, 0.717) is 24.4 Å². The third kappa shape index (κ3) is 6.04. The number of alkyl halides is 3. The average molecular weight is 510 g/mol. The smallest absolute Gasteiger partial charge is 0.363 e. The van der Waals surface area contributed by atoms with E-state index in [9.17, 15) is 35.2 Å². The minimum absolute atomic E-state index is 0.290. The summed E-state index contributed by atoms with van der Waals surface area (Å²) < 4.78 is 105. The van der Waals surface area contributed by atoms with E-state index in [-0.39, 0.29) is 5.84 Å². The number of halogens is 6. The number of thiol groups is 1. The second-order valence-electron chi connectivity index (χ2n) is 7.81. The van der Waals surface area contributed by atoms with Crippen LogP contribution in [0.1, 0.15) is 42.4 Å². The number of rotatable bonds is 7. The predicted molar refractivity (Wildman–Crippen MR) is 112 cm³/mol.